The first-order chi connectivity index (χ1) is 5.74. The highest BCUT2D eigenvalue weighted by atomic mass is 16.2. The summed E-state index contributed by atoms with van der Waals surface area (Å²) in [6.07, 6.45) is 0.638. The summed E-state index contributed by atoms with van der Waals surface area (Å²) in [4.78, 5) is 23.1. The largest absolute Gasteiger partial charge is 0.324 e. The van der Waals surface area contributed by atoms with Gasteiger partial charge >= 0.3 is 6.03 Å². The van der Waals surface area contributed by atoms with Crippen LogP contribution in [0.3, 0.4) is 0 Å². The zero-order valence-electron chi connectivity index (χ0n) is 6.54. The molecule has 0 aromatic heterocycles. The Kier molecular flexibility index (Phi) is 2.64. The zero-order chi connectivity index (χ0) is 8.97. The summed E-state index contributed by atoms with van der Waals surface area (Å²) in [5.74, 6) is -0.242. The molecule has 64 valence electrons. The minimum absolute atomic E-state index is 0.242. The van der Waals surface area contributed by atoms with Gasteiger partial charge in [0.2, 0.25) is 5.91 Å². The minimum Gasteiger partial charge on any atom is -0.323 e. The smallest absolute Gasteiger partial charge is 0.323 e. The van der Waals surface area contributed by atoms with Gasteiger partial charge in [0.15, 0.2) is 0 Å². The number of nitriles is 1. The highest BCUT2D eigenvalue weighted by Gasteiger charge is 2.21. The predicted octanol–water partition coefficient (Wildman–Crippen LogP) is -0.158. The maximum Gasteiger partial charge on any atom is 0.324 e. The Balaban J connectivity index is 2.41. The van der Waals surface area contributed by atoms with E-state index in [-0.39, 0.29) is 11.9 Å². The second-order valence-corrected chi connectivity index (χ2v) is 2.50. The van der Waals surface area contributed by atoms with Crippen LogP contribution in [0, 0.1) is 11.3 Å². The van der Waals surface area contributed by atoms with Crippen molar-refractivity contribution >= 4 is 11.9 Å². The fourth-order valence-corrected chi connectivity index (χ4v) is 0.997. The van der Waals surface area contributed by atoms with E-state index in [2.05, 4.69) is 5.32 Å². The van der Waals surface area contributed by atoms with Crippen molar-refractivity contribution < 1.29 is 9.59 Å². The summed E-state index contributed by atoms with van der Waals surface area (Å²) >= 11 is 0. The molecule has 0 spiro atoms. The SMILES string of the molecule is N#CCCN1CCC(=O)NC1=O. The molecule has 5 nitrogen and oxygen atoms in total. The van der Waals surface area contributed by atoms with Crippen LogP contribution in [0.2, 0.25) is 0 Å². The van der Waals surface area contributed by atoms with Gasteiger partial charge in [-0.2, -0.15) is 5.26 Å². The van der Waals surface area contributed by atoms with E-state index in [4.69, 9.17) is 5.26 Å². The maximum absolute atomic E-state index is 11.0. The normalized spacial score (nSPS) is 17.1. The highest BCUT2D eigenvalue weighted by Crippen LogP contribution is 2.00. The molecule has 0 saturated carbocycles. The van der Waals surface area contributed by atoms with Crippen molar-refractivity contribution in [1.82, 2.24) is 10.2 Å². The molecule has 0 atom stereocenters. The first-order valence-electron chi connectivity index (χ1n) is 3.70. The summed E-state index contributed by atoms with van der Waals surface area (Å²) in [6.45, 7) is 0.821. The van der Waals surface area contributed by atoms with E-state index in [1.165, 1.54) is 4.90 Å². The molecular weight excluding hydrogens is 158 g/mol. The Bertz CT molecular complexity index is 244. The van der Waals surface area contributed by atoms with Crippen molar-refractivity contribution in [3.63, 3.8) is 0 Å². The van der Waals surface area contributed by atoms with Crippen molar-refractivity contribution in [3.05, 3.63) is 0 Å². The molecule has 0 aliphatic carbocycles. The maximum atomic E-state index is 11.0. The Labute approximate surface area is 69.9 Å². The summed E-state index contributed by atoms with van der Waals surface area (Å²) in [5.41, 5.74) is 0. The monoisotopic (exact) mass is 167 g/mol. The van der Waals surface area contributed by atoms with Gasteiger partial charge in [-0.15, -0.1) is 0 Å². The van der Waals surface area contributed by atoms with E-state index in [9.17, 15) is 9.59 Å². The number of amides is 3. The van der Waals surface area contributed by atoms with Crippen molar-refractivity contribution in [2.75, 3.05) is 13.1 Å². The van der Waals surface area contributed by atoms with Gasteiger partial charge in [-0.05, 0) is 0 Å². The molecule has 0 aromatic rings. The quantitative estimate of drug-likeness (QED) is 0.621. The molecule has 0 bridgehead atoms. The van der Waals surface area contributed by atoms with Gasteiger partial charge in [0.05, 0.1) is 12.5 Å². The molecule has 1 rings (SSSR count). The van der Waals surface area contributed by atoms with Crippen LogP contribution in [-0.2, 0) is 4.79 Å². The Morgan fingerprint density at radius 3 is 2.92 bits per heavy atom. The standard InChI is InChI=1S/C7H9N3O2/c8-3-1-4-10-5-2-6(11)9-7(10)12/h1-2,4-5H2,(H,9,11,12). The van der Waals surface area contributed by atoms with Crippen LogP contribution in [0.15, 0.2) is 0 Å². The van der Waals surface area contributed by atoms with Gasteiger partial charge in [-0.3, -0.25) is 10.1 Å². The second kappa shape index (κ2) is 3.72. The summed E-state index contributed by atoms with van der Waals surface area (Å²) in [6, 6.07) is 1.55. The average Bonchev–Trinajstić information content (AvgIpc) is 2.03. The lowest BCUT2D eigenvalue weighted by atomic mass is 10.3. The minimum atomic E-state index is -0.387. The molecule has 3 amide bonds. The van der Waals surface area contributed by atoms with E-state index in [1.54, 1.807) is 0 Å². The average molecular weight is 167 g/mol. The number of carbonyl (C=O) groups excluding carboxylic acids is 2. The Morgan fingerprint density at radius 1 is 1.58 bits per heavy atom. The van der Waals surface area contributed by atoms with Crippen molar-refractivity contribution in [3.8, 4) is 6.07 Å². The molecule has 5 heteroatoms. The third kappa shape index (κ3) is 1.95. The predicted molar refractivity (Wildman–Crippen MR) is 40.0 cm³/mol. The number of nitrogens with zero attached hydrogens (tertiary/aromatic N) is 2. The molecule has 1 aliphatic rings. The number of imide groups is 1. The van der Waals surface area contributed by atoms with Gasteiger partial charge in [0.1, 0.15) is 0 Å². The van der Waals surface area contributed by atoms with Crippen molar-refractivity contribution in [1.29, 1.82) is 5.26 Å². The van der Waals surface area contributed by atoms with E-state index in [1.807, 2.05) is 6.07 Å². The van der Waals surface area contributed by atoms with Crippen LogP contribution in [0.4, 0.5) is 4.79 Å². The van der Waals surface area contributed by atoms with E-state index >= 15 is 0 Å². The zero-order valence-corrected chi connectivity index (χ0v) is 6.54. The van der Waals surface area contributed by atoms with Crippen LogP contribution in [0.25, 0.3) is 0 Å². The van der Waals surface area contributed by atoms with Crippen molar-refractivity contribution in [2.45, 2.75) is 12.8 Å². The van der Waals surface area contributed by atoms with Crippen LogP contribution in [-0.4, -0.2) is 29.9 Å². The Morgan fingerprint density at radius 2 is 2.33 bits per heavy atom. The molecular formula is C7H9N3O2. The molecule has 0 aromatic carbocycles. The summed E-state index contributed by atoms with van der Waals surface area (Å²) in [7, 11) is 0. The summed E-state index contributed by atoms with van der Waals surface area (Å²) < 4.78 is 0. The lowest BCUT2D eigenvalue weighted by Gasteiger charge is -2.25. The molecule has 1 N–H and O–H groups in total. The van der Waals surface area contributed by atoms with Gasteiger partial charge in [0, 0.05) is 19.5 Å². The number of carbonyl (C=O) groups is 2. The van der Waals surface area contributed by atoms with Crippen LogP contribution in [0.1, 0.15) is 12.8 Å². The van der Waals surface area contributed by atoms with E-state index in [0.717, 1.165) is 0 Å². The fraction of sp³-hybridized carbons (Fsp3) is 0.571. The lowest BCUT2D eigenvalue weighted by molar-refractivity contribution is -0.121. The molecule has 1 saturated heterocycles. The van der Waals surface area contributed by atoms with Crippen molar-refractivity contribution in [2.24, 2.45) is 0 Å². The van der Waals surface area contributed by atoms with E-state index in [0.29, 0.717) is 25.9 Å². The molecule has 0 radical (unpaired) electrons. The molecule has 0 unspecified atom stereocenters. The first-order valence-corrected chi connectivity index (χ1v) is 3.70. The fourth-order valence-electron chi connectivity index (χ4n) is 0.997. The topological polar surface area (TPSA) is 73.2 Å². The summed E-state index contributed by atoms with van der Waals surface area (Å²) in [5, 5.41) is 10.4. The highest BCUT2D eigenvalue weighted by molar-refractivity contribution is 5.96. The second-order valence-electron chi connectivity index (χ2n) is 2.50. The molecule has 1 fully saturated rings. The molecule has 12 heavy (non-hydrogen) atoms. The van der Waals surface area contributed by atoms with Crippen LogP contribution >= 0.6 is 0 Å². The van der Waals surface area contributed by atoms with Crippen LogP contribution in [0.5, 0.6) is 0 Å². The third-order valence-electron chi connectivity index (χ3n) is 1.64. The third-order valence-corrected chi connectivity index (χ3v) is 1.64. The molecule has 1 heterocycles. The van der Waals surface area contributed by atoms with E-state index < -0.39 is 0 Å². The Hall–Kier alpha value is -1.57. The number of nitrogens with one attached hydrogen (secondary N) is 1. The number of urea groups is 1. The van der Waals surface area contributed by atoms with Gasteiger partial charge < -0.3 is 4.90 Å². The first kappa shape index (κ1) is 8.53. The number of hydrogen-bond donors (Lipinski definition) is 1. The van der Waals surface area contributed by atoms with Gasteiger partial charge in [0.25, 0.3) is 0 Å². The molecule has 1 aliphatic heterocycles. The number of rotatable bonds is 2. The lowest BCUT2D eigenvalue weighted by Crippen LogP contribution is -2.49. The number of hydrogen-bond acceptors (Lipinski definition) is 3. The van der Waals surface area contributed by atoms with Gasteiger partial charge in [-0.1, -0.05) is 0 Å². The van der Waals surface area contributed by atoms with Gasteiger partial charge in [-0.25, -0.2) is 4.79 Å². The van der Waals surface area contributed by atoms with Crippen LogP contribution < -0.4 is 5.32 Å².